The van der Waals surface area contributed by atoms with Crippen LogP contribution >= 0.6 is 0 Å². The van der Waals surface area contributed by atoms with E-state index in [0.717, 1.165) is 31.3 Å². The van der Waals surface area contributed by atoms with Crippen molar-refractivity contribution in [1.29, 1.82) is 0 Å². The van der Waals surface area contributed by atoms with Gasteiger partial charge in [0.2, 0.25) is 11.8 Å². The van der Waals surface area contributed by atoms with E-state index >= 15 is 0 Å². The first-order chi connectivity index (χ1) is 8.00. The maximum Gasteiger partial charge on any atom is 0.240 e. The molecule has 1 saturated carbocycles. The molecule has 2 amide bonds. The summed E-state index contributed by atoms with van der Waals surface area (Å²) in [7, 11) is 0. The molecule has 3 N–H and O–H groups in total. The molecule has 4 nitrogen and oxygen atoms in total. The monoisotopic (exact) mass is 238 g/mol. The van der Waals surface area contributed by atoms with E-state index in [0.29, 0.717) is 6.42 Å². The molecule has 0 aliphatic heterocycles. The van der Waals surface area contributed by atoms with Crippen molar-refractivity contribution in [3.05, 3.63) is 12.2 Å². The minimum atomic E-state index is -0.609. The Bertz CT molecular complexity index is 307. The molecule has 1 rings (SSSR count). The van der Waals surface area contributed by atoms with Gasteiger partial charge in [-0.1, -0.05) is 24.8 Å². The van der Waals surface area contributed by atoms with Crippen LogP contribution in [0.4, 0.5) is 0 Å². The lowest BCUT2D eigenvalue weighted by Gasteiger charge is -2.23. The van der Waals surface area contributed by atoms with Gasteiger partial charge in [-0.2, -0.15) is 0 Å². The average Bonchev–Trinajstić information content (AvgIpc) is 2.28. The Balaban J connectivity index is 2.50. The Hall–Kier alpha value is -1.32. The average molecular weight is 238 g/mol. The van der Waals surface area contributed by atoms with Crippen LogP contribution in [0, 0.1) is 5.92 Å². The highest BCUT2D eigenvalue weighted by molar-refractivity contribution is 5.87. The Kier molecular flexibility index (Phi) is 5.19. The second-order valence-corrected chi connectivity index (χ2v) is 4.96. The molecule has 0 spiro atoms. The first-order valence-corrected chi connectivity index (χ1v) is 6.24. The predicted octanol–water partition coefficient (Wildman–Crippen LogP) is 1.50. The molecule has 1 fully saturated rings. The molecule has 1 aliphatic rings. The molecule has 0 unspecified atom stereocenters. The van der Waals surface area contributed by atoms with Gasteiger partial charge >= 0.3 is 0 Å². The van der Waals surface area contributed by atoms with Crippen LogP contribution in [0.15, 0.2) is 12.2 Å². The van der Waals surface area contributed by atoms with Gasteiger partial charge in [-0.15, -0.1) is 6.58 Å². The van der Waals surface area contributed by atoms with Crippen molar-refractivity contribution in [2.75, 3.05) is 0 Å². The molecule has 1 aliphatic carbocycles. The minimum absolute atomic E-state index is 0.0326. The summed E-state index contributed by atoms with van der Waals surface area (Å²) in [6, 6.07) is -0.609. The fourth-order valence-electron chi connectivity index (χ4n) is 2.23. The maximum atomic E-state index is 11.9. The zero-order valence-corrected chi connectivity index (χ0v) is 10.5. The van der Waals surface area contributed by atoms with Crippen molar-refractivity contribution in [3.63, 3.8) is 0 Å². The fraction of sp³-hybridized carbons (Fsp3) is 0.692. The summed E-state index contributed by atoms with van der Waals surface area (Å²) in [6.45, 7) is 5.56. The molecule has 0 aromatic heterocycles. The van der Waals surface area contributed by atoms with Crippen molar-refractivity contribution in [1.82, 2.24) is 5.32 Å². The van der Waals surface area contributed by atoms with E-state index in [1.54, 1.807) is 0 Å². The normalized spacial score (nSPS) is 18.4. The lowest BCUT2D eigenvalue weighted by atomic mass is 9.88. The van der Waals surface area contributed by atoms with Crippen molar-refractivity contribution in [2.24, 2.45) is 11.7 Å². The van der Waals surface area contributed by atoms with Gasteiger partial charge in [-0.05, 0) is 26.2 Å². The molecular formula is C13H22N2O2. The van der Waals surface area contributed by atoms with Crippen LogP contribution in [-0.2, 0) is 9.59 Å². The smallest absolute Gasteiger partial charge is 0.240 e. The molecule has 1 atom stereocenters. The van der Waals surface area contributed by atoms with Crippen LogP contribution in [0.25, 0.3) is 0 Å². The lowest BCUT2D eigenvalue weighted by Crippen LogP contribution is -2.47. The van der Waals surface area contributed by atoms with Crippen molar-refractivity contribution in [2.45, 2.75) is 51.5 Å². The highest BCUT2D eigenvalue weighted by Crippen LogP contribution is 2.23. The number of nitrogens with two attached hydrogens (primary N) is 1. The zero-order chi connectivity index (χ0) is 12.8. The highest BCUT2D eigenvalue weighted by Gasteiger charge is 2.25. The van der Waals surface area contributed by atoms with Gasteiger partial charge in [-0.25, -0.2) is 0 Å². The highest BCUT2D eigenvalue weighted by atomic mass is 16.2. The quantitative estimate of drug-likeness (QED) is 0.712. The van der Waals surface area contributed by atoms with Crippen molar-refractivity contribution in [3.8, 4) is 0 Å². The van der Waals surface area contributed by atoms with E-state index < -0.39 is 11.9 Å². The Morgan fingerprint density at radius 1 is 1.35 bits per heavy atom. The third-order valence-corrected chi connectivity index (χ3v) is 3.19. The summed E-state index contributed by atoms with van der Waals surface area (Å²) in [4.78, 5) is 23.2. The van der Waals surface area contributed by atoms with Gasteiger partial charge < -0.3 is 11.1 Å². The molecule has 0 bridgehead atoms. The third kappa shape index (κ3) is 4.59. The van der Waals surface area contributed by atoms with Gasteiger partial charge in [0.1, 0.15) is 6.04 Å². The van der Waals surface area contributed by atoms with Crippen LogP contribution in [0.1, 0.15) is 45.4 Å². The predicted molar refractivity (Wildman–Crippen MR) is 67.1 cm³/mol. The van der Waals surface area contributed by atoms with E-state index in [-0.39, 0.29) is 11.8 Å². The molecule has 17 heavy (non-hydrogen) atoms. The number of carbonyl (C=O) groups excluding carboxylic acids is 2. The second-order valence-electron chi connectivity index (χ2n) is 4.96. The van der Waals surface area contributed by atoms with Crippen LogP contribution in [0.3, 0.4) is 0 Å². The lowest BCUT2D eigenvalue weighted by molar-refractivity contribution is -0.130. The number of hydrogen-bond donors (Lipinski definition) is 2. The van der Waals surface area contributed by atoms with Crippen molar-refractivity contribution >= 4 is 11.8 Å². The Morgan fingerprint density at radius 2 is 1.94 bits per heavy atom. The molecule has 0 saturated heterocycles. The maximum absolute atomic E-state index is 11.9. The first-order valence-electron chi connectivity index (χ1n) is 6.24. The number of rotatable bonds is 5. The van der Waals surface area contributed by atoms with Gasteiger partial charge in [-0.3, -0.25) is 9.59 Å². The van der Waals surface area contributed by atoms with Gasteiger partial charge in [0.25, 0.3) is 0 Å². The van der Waals surface area contributed by atoms with Crippen LogP contribution < -0.4 is 11.1 Å². The number of hydrogen-bond acceptors (Lipinski definition) is 2. The summed E-state index contributed by atoms with van der Waals surface area (Å²) in [5.41, 5.74) is 6.11. The zero-order valence-electron chi connectivity index (χ0n) is 10.5. The summed E-state index contributed by atoms with van der Waals surface area (Å²) in [5, 5.41) is 2.74. The van der Waals surface area contributed by atoms with E-state index in [4.69, 9.17) is 5.73 Å². The number of carbonyl (C=O) groups is 2. The molecule has 4 heteroatoms. The molecule has 0 aromatic carbocycles. The van der Waals surface area contributed by atoms with Crippen LogP contribution in [-0.4, -0.2) is 17.9 Å². The van der Waals surface area contributed by atoms with Gasteiger partial charge in [0.05, 0.1) is 0 Å². The third-order valence-electron chi connectivity index (χ3n) is 3.19. The number of primary amides is 1. The Labute approximate surface area is 103 Å². The van der Waals surface area contributed by atoms with Crippen LogP contribution in [0.5, 0.6) is 0 Å². The number of amides is 2. The Morgan fingerprint density at radius 3 is 2.41 bits per heavy atom. The van der Waals surface area contributed by atoms with Crippen molar-refractivity contribution < 1.29 is 9.59 Å². The molecule has 96 valence electrons. The fourth-order valence-corrected chi connectivity index (χ4v) is 2.23. The summed E-state index contributed by atoms with van der Waals surface area (Å²) in [5.74, 6) is -0.470. The second kappa shape index (κ2) is 6.42. The van der Waals surface area contributed by atoms with Gasteiger partial charge in [0, 0.05) is 5.92 Å². The molecule has 0 aromatic rings. The molecule has 0 radical (unpaired) electrons. The van der Waals surface area contributed by atoms with Crippen LogP contribution in [0.2, 0.25) is 0 Å². The summed E-state index contributed by atoms with van der Waals surface area (Å²) < 4.78 is 0. The van der Waals surface area contributed by atoms with E-state index in [1.807, 2.05) is 6.92 Å². The SMILES string of the molecule is C=C(C)C[C@@H](NC(=O)C1CCCCC1)C(N)=O. The molecular weight excluding hydrogens is 216 g/mol. The summed E-state index contributed by atoms with van der Waals surface area (Å²) >= 11 is 0. The summed E-state index contributed by atoms with van der Waals surface area (Å²) in [6.07, 6.45) is 5.66. The van der Waals surface area contributed by atoms with E-state index in [9.17, 15) is 9.59 Å². The van der Waals surface area contributed by atoms with E-state index in [1.165, 1.54) is 6.42 Å². The standard InChI is InChI=1S/C13H22N2O2/c1-9(2)8-11(12(14)16)15-13(17)10-6-4-3-5-7-10/h10-11H,1,3-8H2,2H3,(H2,14,16)(H,15,17)/t11-/m1/s1. The minimum Gasteiger partial charge on any atom is -0.368 e. The van der Waals surface area contributed by atoms with Gasteiger partial charge in [0.15, 0.2) is 0 Å². The topological polar surface area (TPSA) is 72.2 Å². The largest absolute Gasteiger partial charge is 0.368 e. The molecule has 0 heterocycles. The number of nitrogens with one attached hydrogen (secondary N) is 1. The van der Waals surface area contributed by atoms with E-state index in [2.05, 4.69) is 11.9 Å². The first kappa shape index (κ1) is 13.7.